The fraction of sp³-hybridized carbons (Fsp3) is 0.471. The fourth-order valence-corrected chi connectivity index (χ4v) is 1.67. The summed E-state index contributed by atoms with van der Waals surface area (Å²) in [6, 6.07) is 5.57. The Balaban J connectivity index is 2.72. The van der Waals surface area contributed by atoms with Crippen molar-refractivity contribution in [3.63, 3.8) is 0 Å². The van der Waals surface area contributed by atoms with Crippen molar-refractivity contribution in [2.24, 2.45) is 5.92 Å². The van der Waals surface area contributed by atoms with E-state index in [2.05, 4.69) is 0 Å². The first-order valence-electron chi connectivity index (χ1n) is 6.99. The number of ether oxygens (including phenoxy) is 2. The molecular formula is C17H24O3. The summed E-state index contributed by atoms with van der Waals surface area (Å²) in [5.41, 5.74) is 1.70. The standard InChI is InChI=1S/C17H24O3/c1-13(2)6-9-16(18)15-8-7-14(3)17(12-15)20-11-5-10-19-4/h6-9,12-13H,5,10-11H2,1-4H3/b9-6-. The molecule has 0 aromatic heterocycles. The van der Waals surface area contributed by atoms with Gasteiger partial charge in [-0.15, -0.1) is 0 Å². The van der Waals surface area contributed by atoms with Crippen LogP contribution in [0, 0.1) is 12.8 Å². The number of methoxy groups -OCH3 is 1. The Bertz CT molecular complexity index is 461. The van der Waals surface area contributed by atoms with E-state index in [1.165, 1.54) is 0 Å². The van der Waals surface area contributed by atoms with Gasteiger partial charge in [-0.3, -0.25) is 4.79 Å². The molecule has 0 unspecified atom stereocenters. The first-order chi connectivity index (χ1) is 9.54. The van der Waals surface area contributed by atoms with Crippen LogP contribution in [0.15, 0.2) is 30.4 Å². The van der Waals surface area contributed by atoms with Gasteiger partial charge in [0.05, 0.1) is 6.61 Å². The summed E-state index contributed by atoms with van der Waals surface area (Å²) in [7, 11) is 1.67. The maximum atomic E-state index is 12.0. The van der Waals surface area contributed by atoms with Crippen molar-refractivity contribution in [1.29, 1.82) is 0 Å². The van der Waals surface area contributed by atoms with Gasteiger partial charge < -0.3 is 9.47 Å². The number of benzene rings is 1. The Kier molecular flexibility index (Phi) is 7.02. The minimum atomic E-state index is 0.0143. The summed E-state index contributed by atoms with van der Waals surface area (Å²) in [5.74, 6) is 1.15. The van der Waals surface area contributed by atoms with Gasteiger partial charge in [-0.2, -0.15) is 0 Å². The first kappa shape index (κ1) is 16.4. The van der Waals surface area contributed by atoms with Gasteiger partial charge in [-0.25, -0.2) is 0 Å². The van der Waals surface area contributed by atoms with E-state index in [9.17, 15) is 4.79 Å². The van der Waals surface area contributed by atoms with Gasteiger partial charge in [0.15, 0.2) is 5.78 Å². The Morgan fingerprint density at radius 3 is 2.70 bits per heavy atom. The lowest BCUT2D eigenvalue weighted by molar-refractivity contribution is 0.104. The van der Waals surface area contributed by atoms with E-state index in [0.717, 1.165) is 17.7 Å². The first-order valence-corrected chi connectivity index (χ1v) is 6.99. The lowest BCUT2D eigenvalue weighted by Gasteiger charge is -2.10. The van der Waals surface area contributed by atoms with Gasteiger partial charge >= 0.3 is 0 Å². The van der Waals surface area contributed by atoms with Crippen LogP contribution in [0.3, 0.4) is 0 Å². The quantitative estimate of drug-likeness (QED) is 0.411. The third-order valence-corrected chi connectivity index (χ3v) is 2.86. The predicted molar refractivity (Wildman–Crippen MR) is 81.5 cm³/mol. The molecule has 0 heterocycles. The van der Waals surface area contributed by atoms with Crippen LogP contribution >= 0.6 is 0 Å². The molecule has 0 aliphatic heterocycles. The van der Waals surface area contributed by atoms with Crippen LogP contribution < -0.4 is 4.74 Å². The van der Waals surface area contributed by atoms with Crippen molar-refractivity contribution in [2.45, 2.75) is 27.2 Å². The number of rotatable bonds is 8. The summed E-state index contributed by atoms with van der Waals surface area (Å²) in [6.07, 6.45) is 4.37. The molecule has 0 amide bonds. The van der Waals surface area contributed by atoms with Crippen LogP contribution in [0.1, 0.15) is 36.2 Å². The molecule has 0 aliphatic carbocycles. The van der Waals surface area contributed by atoms with Gasteiger partial charge in [0.25, 0.3) is 0 Å². The average Bonchev–Trinajstić information content (AvgIpc) is 2.42. The van der Waals surface area contributed by atoms with E-state index in [1.807, 2.05) is 45.0 Å². The number of allylic oxidation sites excluding steroid dienone is 2. The molecular weight excluding hydrogens is 252 g/mol. The third kappa shape index (κ3) is 5.57. The molecule has 0 saturated heterocycles. The fourth-order valence-electron chi connectivity index (χ4n) is 1.67. The smallest absolute Gasteiger partial charge is 0.185 e. The van der Waals surface area contributed by atoms with Crippen LogP contribution in [-0.2, 0) is 4.74 Å². The largest absolute Gasteiger partial charge is 0.493 e. The highest BCUT2D eigenvalue weighted by Gasteiger charge is 2.06. The Hall–Kier alpha value is -1.61. The predicted octanol–water partition coefficient (Wildman–Crippen LogP) is 3.81. The number of aryl methyl sites for hydroxylation is 1. The van der Waals surface area contributed by atoms with Crippen molar-refractivity contribution in [3.8, 4) is 5.75 Å². The highest BCUT2D eigenvalue weighted by Crippen LogP contribution is 2.20. The zero-order chi connectivity index (χ0) is 15.0. The normalized spacial score (nSPS) is 11.2. The molecule has 1 aromatic rings. The second kappa shape index (κ2) is 8.54. The molecule has 110 valence electrons. The van der Waals surface area contributed by atoms with Crippen molar-refractivity contribution in [2.75, 3.05) is 20.3 Å². The number of carbonyl (C=O) groups excluding carboxylic acids is 1. The topological polar surface area (TPSA) is 35.5 Å². The minimum Gasteiger partial charge on any atom is -0.493 e. The second-order valence-corrected chi connectivity index (χ2v) is 5.14. The molecule has 0 radical (unpaired) electrons. The lowest BCUT2D eigenvalue weighted by Crippen LogP contribution is -2.04. The number of hydrogen-bond donors (Lipinski definition) is 0. The van der Waals surface area contributed by atoms with Gasteiger partial charge in [0.1, 0.15) is 5.75 Å². The van der Waals surface area contributed by atoms with Gasteiger partial charge in [0.2, 0.25) is 0 Å². The molecule has 20 heavy (non-hydrogen) atoms. The maximum absolute atomic E-state index is 12.0. The number of hydrogen-bond acceptors (Lipinski definition) is 3. The number of carbonyl (C=O) groups is 1. The summed E-state index contributed by atoms with van der Waals surface area (Å²) in [5, 5.41) is 0. The van der Waals surface area contributed by atoms with Crippen LogP contribution in [0.2, 0.25) is 0 Å². The summed E-state index contributed by atoms with van der Waals surface area (Å²) in [6.45, 7) is 7.33. The van der Waals surface area contributed by atoms with E-state index in [0.29, 0.717) is 24.7 Å². The van der Waals surface area contributed by atoms with E-state index in [1.54, 1.807) is 13.2 Å². The van der Waals surface area contributed by atoms with Gasteiger partial charge in [-0.1, -0.05) is 32.1 Å². The summed E-state index contributed by atoms with van der Waals surface area (Å²) >= 11 is 0. The van der Waals surface area contributed by atoms with Crippen molar-refractivity contribution < 1.29 is 14.3 Å². The number of ketones is 1. The Morgan fingerprint density at radius 1 is 1.30 bits per heavy atom. The zero-order valence-corrected chi connectivity index (χ0v) is 12.8. The van der Waals surface area contributed by atoms with Crippen LogP contribution in [-0.4, -0.2) is 26.1 Å². The minimum absolute atomic E-state index is 0.0143. The second-order valence-electron chi connectivity index (χ2n) is 5.14. The lowest BCUT2D eigenvalue weighted by atomic mass is 10.1. The zero-order valence-electron chi connectivity index (χ0n) is 12.8. The molecule has 0 bridgehead atoms. The van der Waals surface area contributed by atoms with Gasteiger partial charge in [0, 0.05) is 25.7 Å². The maximum Gasteiger partial charge on any atom is 0.185 e. The molecule has 1 aromatic carbocycles. The van der Waals surface area contributed by atoms with Crippen LogP contribution in [0.4, 0.5) is 0 Å². The van der Waals surface area contributed by atoms with Crippen molar-refractivity contribution in [1.82, 2.24) is 0 Å². The van der Waals surface area contributed by atoms with Crippen molar-refractivity contribution in [3.05, 3.63) is 41.5 Å². The molecule has 0 saturated carbocycles. The molecule has 0 N–H and O–H groups in total. The third-order valence-electron chi connectivity index (χ3n) is 2.86. The van der Waals surface area contributed by atoms with Crippen molar-refractivity contribution >= 4 is 5.78 Å². The van der Waals surface area contributed by atoms with E-state index in [-0.39, 0.29) is 5.78 Å². The molecule has 0 aliphatic rings. The Morgan fingerprint density at radius 2 is 2.05 bits per heavy atom. The molecule has 1 rings (SSSR count). The van der Waals surface area contributed by atoms with Gasteiger partial charge in [-0.05, 0) is 30.5 Å². The van der Waals surface area contributed by atoms with E-state index >= 15 is 0 Å². The Labute approximate surface area is 121 Å². The molecule has 3 nitrogen and oxygen atoms in total. The highest BCUT2D eigenvalue weighted by molar-refractivity contribution is 6.04. The average molecular weight is 276 g/mol. The van der Waals surface area contributed by atoms with Crippen LogP contribution in [0.25, 0.3) is 0 Å². The molecule has 0 atom stereocenters. The molecule has 0 spiro atoms. The molecule has 0 fully saturated rings. The SMILES string of the molecule is COCCCOc1cc(C(=O)/C=C\C(C)C)ccc1C. The summed E-state index contributed by atoms with van der Waals surface area (Å²) < 4.78 is 10.7. The highest BCUT2D eigenvalue weighted by atomic mass is 16.5. The van der Waals surface area contributed by atoms with E-state index < -0.39 is 0 Å². The van der Waals surface area contributed by atoms with E-state index in [4.69, 9.17) is 9.47 Å². The monoisotopic (exact) mass is 276 g/mol. The summed E-state index contributed by atoms with van der Waals surface area (Å²) in [4.78, 5) is 12.0. The molecule has 3 heteroatoms. The van der Waals surface area contributed by atoms with Crippen LogP contribution in [0.5, 0.6) is 5.75 Å².